The summed E-state index contributed by atoms with van der Waals surface area (Å²) in [5, 5.41) is 9.43. The van der Waals surface area contributed by atoms with Gasteiger partial charge in [-0.15, -0.1) is 0 Å². The van der Waals surface area contributed by atoms with Crippen molar-refractivity contribution in [2.45, 2.75) is 24.7 Å². The lowest BCUT2D eigenvalue weighted by Crippen LogP contribution is -2.33. The number of rotatable bonds is 2. The Balaban J connectivity index is 2.54. The average Bonchev–Trinajstić information content (AvgIpc) is 2.20. The fourth-order valence-corrected chi connectivity index (χ4v) is 2.45. The summed E-state index contributed by atoms with van der Waals surface area (Å²) in [5.74, 6) is -0.0794. The van der Waals surface area contributed by atoms with E-state index in [2.05, 4.69) is 6.07 Å². The van der Waals surface area contributed by atoms with E-state index in [1.165, 1.54) is 13.2 Å². The lowest BCUT2D eigenvalue weighted by molar-refractivity contribution is 0.312. The zero-order chi connectivity index (χ0) is 11.8. The van der Waals surface area contributed by atoms with Crippen molar-refractivity contribution in [3.63, 3.8) is 0 Å². The van der Waals surface area contributed by atoms with Gasteiger partial charge in [-0.25, -0.2) is 4.39 Å². The lowest BCUT2D eigenvalue weighted by atomic mass is 9.65. The van der Waals surface area contributed by atoms with E-state index < -0.39 is 11.2 Å². The molecule has 0 unspecified atom stereocenters. The minimum atomic E-state index is -0.729. The molecule has 0 spiro atoms. The Hall–Kier alpha value is -1.27. The molecular formula is C12H11ClFNO. The van der Waals surface area contributed by atoms with Crippen LogP contribution in [0, 0.1) is 17.1 Å². The van der Waals surface area contributed by atoms with Gasteiger partial charge in [0.15, 0.2) is 0 Å². The smallest absolute Gasteiger partial charge is 0.133 e. The number of ether oxygens (including phenoxy) is 1. The summed E-state index contributed by atoms with van der Waals surface area (Å²) in [4.78, 5) is 0. The van der Waals surface area contributed by atoms with Gasteiger partial charge in [-0.2, -0.15) is 5.26 Å². The number of benzene rings is 1. The van der Waals surface area contributed by atoms with E-state index in [1.54, 1.807) is 6.07 Å². The number of hydrogen-bond acceptors (Lipinski definition) is 2. The Morgan fingerprint density at radius 2 is 2.19 bits per heavy atom. The second kappa shape index (κ2) is 3.95. The average molecular weight is 240 g/mol. The third-order valence-electron chi connectivity index (χ3n) is 3.15. The third-order valence-corrected chi connectivity index (χ3v) is 3.45. The van der Waals surface area contributed by atoms with Crippen molar-refractivity contribution in [3.05, 3.63) is 28.5 Å². The maximum Gasteiger partial charge on any atom is 0.133 e. The summed E-state index contributed by atoms with van der Waals surface area (Å²) in [6, 6.07) is 5.01. The van der Waals surface area contributed by atoms with E-state index in [9.17, 15) is 4.39 Å². The van der Waals surface area contributed by atoms with Crippen LogP contribution in [0.1, 0.15) is 24.8 Å². The Kier molecular flexibility index (Phi) is 2.77. The van der Waals surface area contributed by atoms with Crippen molar-refractivity contribution < 1.29 is 9.13 Å². The standard InChI is InChI=1S/C12H11ClFNO/c1-16-8-5-9(13)11(10(14)6-8)12(7-15)3-2-4-12/h5-6H,2-4H2,1H3. The van der Waals surface area contributed by atoms with Crippen LogP contribution in [0.15, 0.2) is 12.1 Å². The molecule has 0 N–H and O–H groups in total. The summed E-state index contributed by atoms with van der Waals surface area (Å²) in [7, 11) is 1.45. The molecule has 1 aromatic carbocycles. The van der Waals surface area contributed by atoms with Gasteiger partial charge in [-0.1, -0.05) is 11.6 Å². The van der Waals surface area contributed by atoms with E-state index in [0.29, 0.717) is 24.2 Å². The van der Waals surface area contributed by atoms with Crippen molar-refractivity contribution >= 4 is 11.6 Å². The van der Waals surface area contributed by atoms with Gasteiger partial charge in [0.1, 0.15) is 11.6 Å². The first kappa shape index (κ1) is 11.2. The van der Waals surface area contributed by atoms with Gasteiger partial charge in [0, 0.05) is 11.6 Å². The number of nitrogens with zero attached hydrogens (tertiary/aromatic N) is 1. The Morgan fingerprint density at radius 3 is 2.56 bits per heavy atom. The first-order chi connectivity index (χ1) is 7.63. The minimum absolute atomic E-state index is 0.276. The Morgan fingerprint density at radius 1 is 1.50 bits per heavy atom. The van der Waals surface area contributed by atoms with Crippen LogP contribution >= 0.6 is 11.6 Å². The molecule has 0 radical (unpaired) electrons. The van der Waals surface area contributed by atoms with Crippen LogP contribution < -0.4 is 4.74 Å². The molecule has 0 aromatic heterocycles. The first-order valence-corrected chi connectivity index (χ1v) is 5.45. The zero-order valence-corrected chi connectivity index (χ0v) is 9.64. The van der Waals surface area contributed by atoms with Crippen molar-refractivity contribution in [2.75, 3.05) is 7.11 Å². The molecule has 1 fully saturated rings. The zero-order valence-electron chi connectivity index (χ0n) is 8.89. The van der Waals surface area contributed by atoms with Crippen LogP contribution in [-0.4, -0.2) is 7.11 Å². The lowest BCUT2D eigenvalue weighted by Gasteiger charge is -2.36. The fraction of sp³-hybridized carbons (Fsp3) is 0.417. The molecule has 0 aliphatic heterocycles. The molecule has 16 heavy (non-hydrogen) atoms. The number of methoxy groups -OCH3 is 1. The van der Waals surface area contributed by atoms with E-state index in [-0.39, 0.29) is 5.02 Å². The summed E-state index contributed by atoms with van der Waals surface area (Å²) in [5.41, 5.74) is -0.406. The Bertz CT molecular complexity index is 440. The summed E-state index contributed by atoms with van der Waals surface area (Å²) in [6.07, 6.45) is 2.29. The van der Waals surface area contributed by atoms with E-state index in [4.69, 9.17) is 21.6 Å². The van der Waals surface area contributed by atoms with Gasteiger partial charge >= 0.3 is 0 Å². The van der Waals surface area contributed by atoms with Crippen LogP contribution in [0.2, 0.25) is 5.02 Å². The number of hydrogen-bond donors (Lipinski definition) is 0. The largest absolute Gasteiger partial charge is 0.497 e. The van der Waals surface area contributed by atoms with E-state index in [0.717, 1.165) is 6.42 Å². The van der Waals surface area contributed by atoms with Crippen molar-refractivity contribution in [1.29, 1.82) is 5.26 Å². The molecular weight excluding hydrogens is 229 g/mol. The molecule has 0 bridgehead atoms. The van der Waals surface area contributed by atoms with E-state index in [1.807, 2.05) is 0 Å². The molecule has 1 aromatic rings. The molecule has 1 aliphatic carbocycles. The minimum Gasteiger partial charge on any atom is -0.497 e. The predicted octanol–water partition coefficient (Wildman–Crippen LogP) is 3.43. The Labute approximate surface area is 98.6 Å². The van der Waals surface area contributed by atoms with Gasteiger partial charge in [0.05, 0.1) is 23.6 Å². The molecule has 2 rings (SSSR count). The second-order valence-corrected chi connectivity index (χ2v) is 4.42. The SMILES string of the molecule is COc1cc(F)c(C2(C#N)CCC2)c(Cl)c1. The van der Waals surface area contributed by atoms with Gasteiger partial charge in [-0.05, 0) is 25.3 Å². The van der Waals surface area contributed by atoms with Crippen molar-refractivity contribution in [1.82, 2.24) is 0 Å². The monoisotopic (exact) mass is 239 g/mol. The first-order valence-electron chi connectivity index (χ1n) is 5.08. The van der Waals surface area contributed by atoms with Crippen molar-refractivity contribution in [3.8, 4) is 11.8 Å². The van der Waals surface area contributed by atoms with Crippen LogP contribution in [0.4, 0.5) is 4.39 Å². The quantitative estimate of drug-likeness (QED) is 0.792. The highest BCUT2D eigenvalue weighted by molar-refractivity contribution is 6.31. The highest BCUT2D eigenvalue weighted by Crippen LogP contribution is 2.47. The molecule has 0 atom stereocenters. The maximum atomic E-state index is 13.9. The highest BCUT2D eigenvalue weighted by Gasteiger charge is 2.42. The molecule has 2 nitrogen and oxygen atoms in total. The molecule has 4 heteroatoms. The van der Waals surface area contributed by atoms with Gasteiger partial charge < -0.3 is 4.74 Å². The molecule has 0 saturated heterocycles. The number of nitriles is 1. The van der Waals surface area contributed by atoms with Crippen LogP contribution in [0.3, 0.4) is 0 Å². The molecule has 1 aliphatic rings. The summed E-state index contributed by atoms with van der Waals surface area (Å²) >= 11 is 6.02. The van der Waals surface area contributed by atoms with Crippen LogP contribution in [0.5, 0.6) is 5.75 Å². The molecule has 84 valence electrons. The van der Waals surface area contributed by atoms with Gasteiger partial charge in [0.2, 0.25) is 0 Å². The molecule has 0 heterocycles. The predicted molar refractivity (Wildman–Crippen MR) is 59.1 cm³/mol. The van der Waals surface area contributed by atoms with E-state index >= 15 is 0 Å². The normalized spacial score (nSPS) is 17.4. The van der Waals surface area contributed by atoms with Crippen molar-refractivity contribution in [2.24, 2.45) is 0 Å². The fourth-order valence-electron chi connectivity index (χ4n) is 2.07. The summed E-state index contributed by atoms with van der Waals surface area (Å²) in [6.45, 7) is 0. The number of halogens is 2. The summed E-state index contributed by atoms with van der Waals surface area (Å²) < 4.78 is 18.8. The highest BCUT2D eigenvalue weighted by atomic mass is 35.5. The third kappa shape index (κ3) is 1.54. The van der Waals surface area contributed by atoms with Gasteiger partial charge in [0.25, 0.3) is 0 Å². The van der Waals surface area contributed by atoms with Crippen LogP contribution in [-0.2, 0) is 5.41 Å². The van der Waals surface area contributed by atoms with Gasteiger partial charge in [-0.3, -0.25) is 0 Å². The van der Waals surface area contributed by atoms with Crippen LogP contribution in [0.25, 0.3) is 0 Å². The molecule has 0 amide bonds. The topological polar surface area (TPSA) is 33.0 Å². The molecule has 1 saturated carbocycles. The maximum absolute atomic E-state index is 13.9. The second-order valence-electron chi connectivity index (χ2n) is 4.01.